The fourth-order valence-electron chi connectivity index (χ4n) is 4.10. The Morgan fingerprint density at radius 3 is 2.68 bits per heavy atom. The third-order valence-electron chi connectivity index (χ3n) is 5.85. The van der Waals surface area contributed by atoms with Gasteiger partial charge in [0, 0.05) is 35.8 Å². The van der Waals surface area contributed by atoms with Gasteiger partial charge in [-0.25, -0.2) is 9.97 Å². The molecule has 3 aromatic heterocycles. The normalized spacial score (nSPS) is 21.6. The first-order chi connectivity index (χ1) is 16.6. The van der Waals surface area contributed by atoms with E-state index < -0.39 is 0 Å². The van der Waals surface area contributed by atoms with Crippen molar-refractivity contribution in [1.82, 2.24) is 25.6 Å². The van der Waals surface area contributed by atoms with Gasteiger partial charge in [-0.05, 0) is 73.2 Å². The zero-order valence-electron chi connectivity index (χ0n) is 18.4. The number of amides is 2. The SMILES string of the molecule is O=C1NC(=O)/C(=C\c2ccnc(NC3CCC(NCc4cccc(-c5ccsc5)n4)CC3)n2)S1. The van der Waals surface area contributed by atoms with E-state index in [1.807, 2.05) is 0 Å². The van der Waals surface area contributed by atoms with Crippen molar-refractivity contribution in [3.63, 3.8) is 0 Å². The summed E-state index contributed by atoms with van der Waals surface area (Å²) >= 11 is 2.57. The zero-order valence-corrected chi connectivity index (χ0v) is 20.0. The third-order valence-corrected chi connectivity index (χ3v) is 7.35. The molecule has 174 valence electrons. The topological polar surface area (TPSA) is 109 Å². The molecule has 3 N–H and O–H groups in total. The number of hydrogen-bond donors (Lipinski definition) is 3. The van der Waals surface area contributed by atoms with E-state index in [4.69, 9.17) is 4.98 Å². The van der Waals surface area contributed by atoms with Crippen LogP contribution in [0.3, 0.4) is 0 Å². The van der Waals surface area contributed by atoms with E-state index in [0.29, 0.717) is 28.6 Å². The number of rotatable bonds is 7. The number of aromatic nitrogens is 3. The molecule has 1 aliphatic heterocycles. The molecule has 0 bridgehead atoms. The lowest BCUT2D eigenvalue weighted by atomic mass is 9.91. The van der Waals surface area contributed by atoms with Gasteiger partial charge in [0.15, 0.2) is 0 Å². The second kappa shape index (κ2) is 10.5. The third kappa shape index (κ3) is 5.69. The summed E-state index contributed by atoms with van der Waals surface area (Å²) in [5, 5.41) is 13.2. The molecule has 3 aromatic rings. The molecule has 0 unspecified atom stereocenters. The second-order valence-corrected chi connectivity index (χ2v) is 10.1. The van der Waals surface area contributed by atoms with Crippen LogP contribution in [0.5, 0.6) is 0 Å². The Hall–Kier alpha value is -3.08. The molecular formula is C24H24N6O2S2. The van der Waals surface area contributed by atoms with Crippen LogP contribution >= 0.6 is 23.1 Å². The number of carbonyl (C=O) groups excluding carboxylic acids is 2. The Kier molecular flexibility index (Phi) is 6.98. The molecule has 0 aromatic carbocycles. The number of anilines is 1. The van der Waals surface area contributed by atoms with Crippen molar-refractivity contribution in [2.75, 3.05) is 5.32 Å². The van der Waals surface area contributed by atoms with Crippen LogP contribution in [0, 0.1) is 0 Å². The van der Waals surface area contributed by atoms with Gasteiger partial charge in [0.1, 0.15) is 0 Å². The predicted molar refractivity (Wildman–Crippen MR) is 135 cm³/mol. The molecule has 0 atom stereocenters. The monoisotopic (exact) mass is 492 g/mol. The van der Waals surface area contributed by atoms with E-state index in [2.05, 4.69) is 60.9 Å². The first-order valence-electron chi connectivity index (χ1n) is 11.2. The quantitative estimate of drug-likeness (QED) is 0.416. The van der Waals surface area contributed by atoms with Crippen LogP contribution < -0.4 is 16.0 Å². The summed E-state index contributed by atoms with van der Waals surface area (Å²) in [5.74, 6) is 0.150. The van der Waals surface area contributed by atoms with Crippen LogP contribution in [0.25, 0.3) is 17.3 Å². The maximum absolute atomic E-state index is 11.7. The van der Waals surface area contributed by atoms with Crippen LogP contribution in [0.1, 0.15) is 37.1 Å². The van der Waals surface area contributed by atoms with E-state index in [1.54, 1.807) is 29.7 Å². The maximum atomic E-state index is 11.7. The minimum absolute atomic E-state index is 0.298. The lowest BCUT2D eigenvalue weighted by Crippen LogP contribution is -2.37. The molecule has 2 amide bonds. The molecular weight excluding hydrogens is 468 g/mol. The predicted octanol–water partition coefficient (Wildman–Crippen LogP) is 4.44. The van der Waals surface area contributed by atoms with Crippen molar-refractivity contribution < 1.29 is 9.59 Å². The number of thioether (sulfide) groups is 1. The minimum Gasteiger partial charge on any atom is -0.351 e. The Morgan fingerprint density at radius 1 is 1.06 bits per heavy atom. The van der Waals surface area contributed by atoms with Gasteiger partial charge in [-0.15, -0.1) is 0 Å². The van der Waals surface area contributed by atoms with Gasteiger partial charge >= 0.3 is 0 Å². The lowest BCUT2D eigenvalue weighted by Gasteiger charge is -2.29. The molecule has 34 heavy (non-hydrogen) atoms. The van der Waals surface area contributed by atoms with Crippen molar-refractivity contribution in [3.05, 3.63) is 63.6 Å². The molecule has 4 heterocycles. The van der Waals surface area contributed by atoms with Crippen molar-refractivity contribution in [2.45, 2.75) is 44.3 Å². The second-order valence-electron chi connectivity index (χ2n) is 8.26. The molecule has 1 aliphatic carbocycles. The number of imide groups is 1. The van der Waals surface area contributed by atoms with Crippen molar-refractivity contribution in [2.24, 2.45) is 0 Å². The standard InChI is InChI=1S/C24H24N6O2S2/c31-22-21(34-24(32)30-22)12-18-8-10-25-23(29-18)28-17-6-4-16(5-7-17)26-13-19-2-1-3-20(27-19)15-9-11-33-14-15/h1-3,8-12,14,16-17,26H,4-7,13H2,(H,25,28,29)(H,30,31,32)/b21-12+. The number of nitrogens with one attached hydrogen (secondary N) is 3. The number of nitrogens with zero attached hydrogens (tertiary/aromatic N) is 3. The minimum atomic E-state index is -0.387. The summed E-state index contributed by atoms with van der Waals surface area (Å²) in [7, 11) is 0. The molecule has 10 heteroatoms. The van der Waals surface area contributed by atoms with Crippen LogP contribution in [0.2, 0.25) is 0 Å². The first-order valence-corrected chi connectivity index (χ1v) is 12.9. The highest BCUT2D eigenvalue weighted by Crippen LogP contribution is 2.26. The summed E-state index contributed by atoms with van der Waals surface area (Å²) in [6.07, 6.45) is 7.42. The summed E-state index contributed by atoms with van der Waals surface area (Å²) in [5.41, 5.74) is 3.83. The molecule has 0 spiro atoms. The van der Waals surface area contributed by atoms with E-state index in [1.165, 1.54) is 5.56 Å². The van der Waals surface area contributed by atoms with E-state index in [0.717, 1.165) is 55.4 Å². The van der Waals surface area contributed by atoms with Crippen LogP contribution in [0.15, 0.2) is 52.2 Å². The maximum Gasteiger partial charge on any atom is 0.290 e. The van der Waals surface area contributed by atoms with Gasteiger partial charge in [0.05, 0.1) is 22.0 Å². The number of hydrogen-bond acceptors (Lipinski definition) is 9. The highest BCUT2D eigenvalue weighted by atomic mass is 32.2. The number of carbonyl (C=O) groups is 2. The van der Waals surface area contributed by atoms with Gasteiger partial charge in [-0.3, -0.25) is 19.9 Å². The van der Waals surface area contributed by atoms with Gasteiger partial charge in [0.2, 0.25) is 5.95 Å². The van der Waals surface area contributed by atoms with Gasteiger partial charge in [0.25, 0.3) is 11.1 Å². The molecule has 5 rings (SSSR count). The van der Waals surface area contributed by atoms with Crippen LogP contribution in [-0.2, 0) is 11.3 Å². The molecule has 2 aliphatic rings. The summed E-state index contributed by atoms with van der Waals surface area (Å²) in [4.78, 5) is 37.0. The van der Waals surface area contributed by atoms with Crippen molar-refractivity contribution >= 4 is 46.3 Å². The van der Waals surface area contributed by atoms with Crippen LogP contribution in [-0.4, -0.2) is 38.2 Å². The highest BCUT2D eigenvalue weighted by molar-refractivity contribution is 8.18. The zero-order chi connectivity index (χ0) is 23.3. The van der Waals surface area contributed by atoms with Crippen LogP contribution in [0.4, 0.5) is 10.7 Å². The fourth-order valence-corrected chi connectivity index (χ4v) is 5.42. The Balaban J connectivity index is 1.11. The lowest BCUT2D eigenvalue weighted by molar-refractivity contribution is -0.115. The molecule has 2 fully saturated rings. The summed E-state index contributed by atoms with van der Waals surface area (Å²) in [6, 6.07) is 10.8. The van der Waals surface area contributed by atoms with Gasteiger partial charge < -0.3 is 10.6 Å². The van der Waals surface area contributed by atoms with Crippen molar-refractivity contribution in [1.29, 1.82) is 0 Å². The largest absolute Gasteiger partial charge is 0.351 e. The smallest absolute Gasteiger partial charge is 0.290 e. The van der Waals surface area contributed by atoms with E-state index in [9.17, 15) is 9.59 Å². The number of thiophene rings is 1. The Labute approximate surface area is 205 Å². The molecule has 1 saturated heterocycles. The molecule has 1 saturated carbocycles. The average molecular weight is 493 g/mol. The van der Waals surface area contributed by atoms with Gasteiger partial charge in [-0.2, -0.15) is 11.3 Å². The summed E-state index contributed by atoms with van der Waals surface area (Å²) in [6.45, 7) is 0.759. The number of pyridine rings is 1. The van der Waals surface area contributed by atoms with E-state index in [-0.39, 0.29) is 11.1 Å². The fraction of sp³-hybridized carbons (Fsp3) is 0.292. The van der Waals surface area contributed by atoms with Gasteiger partial charge in [-0.1, -0.05) is 6.07 Å². The molecule has 8 nitrogen and oxygen atoms in total. The summed E-state index contributed by atoms with van der Waals surface area (Å²) < 4.78 is 0. The Bertz CT molecular complexity index is 1210. The van der Waals surface area contributed by atoms with E-state index >= 15 is 0 Å². The highest BCUT2D eigenvalue weighted by Gasteiger charge is 2.25. The Morgan fingerprint density at radius 2 is 1.91 bits per heavy atom. The van der Waals surface area contributed by atoms with Crippen molar-refractivity contribution in [3.8, 4) is 11.3 Å². The first kappa shape index (κ1) is 22.7. The average Bonchev–Trinajstić information content (AvgIpc) is 3.49. The molecule has 0 radical (unpaired) electrons.